The first-order chi connectivity index (χ1) is 8.63. The molecule has 0 aliphatic heterocycles. The van der Waals surface area contributed by atoms with E-state index in [1.165, 1.54) is 0 Å². The van der Waals surface area contributed by atoms with E-state index in [-0.39, 0.29) is 28.9 Å². The van der Waals surface area contributed by atoms with Crippen molar-refractivity contribution in [2.45, 2.75) is 18.8 Å². The number of nitrogens with two attached hydrogens (primary N) is 1. The molecule has 0 spiro atoms. The molecule has 2 rings (SSSR count). The van der Waals surface area contributed by atoms with Gasteiger partial charge in [0.1, 0.15) is 29.0 Å². The molecule has 6 heteroatoms. The number of anilines is 1. The van der Waals surface area contributed by atoms with E-state index in [4.69, 9.17) is 22.1 Å². The van der Waals surface area contributed by atoms with Crippen LogP contribution in [0, 0.1) is 0 Å². The summed E-state index contributed by atoms with van der Waals surface area (Å²) >= 11 is 5.95. The van der Waals surface area contributed by atoms with Gasteiger partial charge in [-0.1, -0.05) is 17.7 Å². The van der Waals surface area contributed by atoms with Gasteiger partial charge in [0.05, 0.1) is 6.61 Å². The van der Waals surface area contributed by atoms with Crippen LogP contribution in [0.25, 0.3) is 0 Å². The summed E-state index contributed by atoms with van der Waals surface area (Å²) in [6.07, 6.45) is 3.63. The Morgan fingerprint density at radius 2 is 2.28 bits per heavy atom. The molecule has 0 atom stereocenters. The fourth-order valence-corrected chi connectivity index (χ4v) is 1.68. The highest BCUT2D eigenvalue weighted by Crippen LogP contribution is 2.39. The Morgan fingerprint density at radius 1 is 1.56 bits per heavy atom. The van der Waals surface area contributed by atoms with Crippen molar-refractivity contribution in [3.63, 3.8) is 0 Å². The molecule has 0 radical (unpaired) electrons. The monoisotopic (exact) mass is 267 g/mol. The van der Waals surface area contributed by atoms with Gasteiger partial charge in [-0.25, -0.2) is 9.97 Å². The van der Waals surface area contributed by atoms with E-state index in [2.05, 4.69) is 16.5 Å². The van der Waals surface area contributed by atoms with Gasteiger partial charge in [-0.3, -0.25) is 4.79 Å². The smallest absolute Gasteiger partial charge is 0.208 e. The van der Waals surface area contributed by atoms with Crippen LogP contribution in [0.1, 0.15) is 35.1 Å². The molecule has 0 unspecified atom stereocenters. The predicted molar refractivity (Wildman–Crippen MR) is 68.8 cm³/mol. The second kappa shape index (κ2) is 5.46. The number of Topliss-reactive ketones (excluding diaryl/α,β-unsaturated/α-hetero) is 1. The van der Waals surface area contributed by atoms with E-state index >= 15 is 0 Å². The molecule has 1 heterocycles. The van der Waals surface area contributed by atoms with Crippen molar-refractivity contribution in [1.82, 2.24) is 9.97 Å². The third kappa shape index (κ3) is 2.86. The number of nitrogens with zero attached hydrogens (tertiary/aromatic N) is 2. The summed E-state index contributed by atoms with van der Waals surface area (Å²) in [6.45, 7) is 3.71. The third-order valence-electron chi connectivity index (χ3n) is 2.57. The Kier molecular flexibility index (Phi) is 3.93. The van der Waals surface area contributed by atoms with E-state index in [9.17, 15) is 4.79 Å². The number of carbonyl (C=O) groups is 1. The van der Waals surface area contributed by atoms with Gasteiger partial charge in [0, 0.05) is 5.92 Å². The molecule has 96 valence electrons. The summed E-state index contributed by atoms with van der Waals surface area (Å²) in [5.74, 6) is 0.771. The minimum atomic E-state index is -0.294. The van der Waals surface area contributed by atoms with Crippen LogP contribution in [-0.2, 0) is 4.74 Å². The lowest BCUT2D eigenvalue weighted by molar-refractivity contribution is 0.0801. The summed E-state index contributed by atoms with van der Waals surface area (Å²) in [6, 6.07) is 0. The summed E-state index contributed by atoms with van der Waals surface area (Å²) in [5.41, 5.74) is 5.84. The fourth-order valence-electron chi connectivity index (χ4n) is 1.49. The molecular weight excluding hydrogens is 254 g/mol. The number of nitrogen functional groups attached to an aromatic ring is 1. The van der Waals surface area contributed by atoms with Gasteiger partial charge in [0.25, 0.3) is 0 Å². The van der Waals surface area contributed by atoms with Crippen LogP contribution in [0.5, 0.6) is 0 Å². The second-order valence-electron chi connectivity index (χ2n) is 4.13. The van der Waals surface area contributed by atoms with Gasteiger partial charge >= 0.3 is 0 Å². The van der Waals surface area contributed by atoms with Crippen molar-refractivity contribution in [1.29, 1.82) is 0 Å². The first-order valence-electron chi connectivity index (χ1n) is 5.68. The summed E-state index contributed by atoms with van der Waals surface area (Å²) in [7, 11) is 0. The summed E-state index contributed by atoms with van der Waals surface area (Å²) < 4.78 is 5.08. The third-order valence-corrected chi connectivity index (χ3v) is 2.94. The van der Waals surface area contributed by atoms with E-state index in [1.807, 2.05) is 0 Å². The number of ether oxygens (including phenoxy) is 1. The average Bonchev–Trinajstić information content (AvgIpc) is 3.16. The zero-order valence-electron chi connectivity index (χ0n) is 9.86. The van der Waals surface area contributed by atoms with E-state index in [0.717, 1.165) is 12.8 Å². The molecule has 1 aromatic rings. The highest BCUT2D eigenvalue weighted by molar-refractivity contribution is 6.35. The lowest BCUT2D eigenvalue weighted by Gasteiger charge is -2.07. The highest BCUT2D eigenvalue weighted by Gasteiger charge is 2.29. The zero-order chi connectivity index (χ0) is 13.1. The number of ketones is 1. The molecule has 0 aromatic carbocycles. The number of carbonyl (C=O) groups excluding carboxylic acids is 1. The van der Waals surface area contributed by atoms with E-state index in [0.29, 0.717) is 18.3 Å². The molecule has 5 nitrogen and oxygen atoms in total. The Bertz CT molecular complexity index is 486. The maximum atomic E-state index is 11.9. The Balaban J connectivity index is 2.19. The number of halogens is 1. The van der Waals surface area contributed by atoms with Gasteiger partial charge in [-0.15, -0.1) is 6.58 Å². The second-order valence-corrected chi connectivity index (χ2v) is 4.51. The molecule has 0 bridgehead atoms. The largest absolute Gasteiger partial charge is 0.382 e. The molecule has 0 amide bonds. The normalized spacial score (nSPS) is 14.5. The van der Waals surface area contributed by atoms with Gasteiger partial charge in [-0.05, 0) is 12.8 Å². The van der Waals surface area contributed by atoms with Crippen molar-refractivity contribution in [3.8, 4) is 0 Å². The Hall–Kier alpha value is -1.46. The van der Waals surface area contributed by atoms with Crippen LogP contribution in [0.15, 0.2) is 12.7 Å². The number of hydrogen-bond donors (Lipinski definition) is 1. The lowest BCUT2D eigenvalue weighted by Crippen LogP contribution is -2.15. The van der Waals surface area contributed by atoms with Gasteiger partial charge < -0.3 is 10.5 Å². The Morgan fingerprint density at radius 3 is 2.89 bits per heavy atom. The topological polar surface area (TPSA) is 78.1 Å². The van der Waals surface area contributed by atoms with Gasteiger partial charge in [0.15, 0.2) is 0 Å². The van der Waals surface area contributed by atoms with Gasteiger partial charge in [-0.2, -0.15) is 0 Å². The maximum absolute atomic E-state index is 11.9. The summed E-state index contributed by atoms with van der Waals surface area (Å²) in [4.78, 5) is 20.2. The van der Waals surface area contributed by atoms with Crippen LogP contribution < -0.4 is 5.73 Å². The molecule has 0 saturated heterocycles. The van der Waals surface area contributed by atoms with Crippen molar-refractivity contribution < 1.29 is 9.53 Å². The van der Waals surface area contributed by atoms with Crippen LogP contribution >= 0.6 is 11.6 Å². The van der Waals surface area contributed by atoms with E-state index < -0.39 is 0 Å². The van der Waals surface area contributed by atoms with Crippen molar-refractivity contribution in [2.75, 3.05) is 18.9 Å². The molecule has 2 N–H and O–H groups in total. The summed E-state index contributed by atoms with van der Waals surface area (Å²) in [5, 5.41) is 0.103. The van der Waals surface area contributed by atoms with Crippen LogP contribution in [-0.4, -0.2) is 29.0 Å². The fraction of sp³-hybridized carbons (Fsp3) is 0.417. The molecule has 1 aromatic heterocycles. The predicted octanol–water partition coefficient (Wildman–Crippen LogP) is 1.97. The quantitative estimate of drug-likeness (QED) is 0.484. The first kappa shape index (κ1) is 13.0. The molecule has 18 heavy (non-hydrogen) atoms. The molecule has 1 fully saturated rings. The van der Waals surface area contributed by atoms with Crippen LogP contribution in [0.4, 0.5) is 5.82 Å². The Labute approximate surface area is 110 Å². The van der Waals surface area contributed by atoms with Crippen molar-refractivity contribution >= 4 is 23.2 Å². The maximum Gasteiger partial charge on any atom is 0.208 e. The van der Waals surface area contributed by atoms with E-state index in [1.54, 1.807) is 6.08 Å². The molecule has 1 aliphatic rings. The zero-order valence-corrected chi connectivity index (χ0v) is 10.6. The SMILES string of the molecule is C=CCOCC(=O)c1nc(C2CC2)nc(N)c1Cl. The van der Waals surface area contributed by atoms with Gasteiger partial charge in [0.2, 0.25) is 5.78 Å². The first-order valence-corrected chi connectivity index (χ1v) is 6.06. The number of rotatable bonds is 6. The number of aromatic nitrogens is 2. The average molecular weight is 268 g/mol. The minimum absolute atomic E-state index is 0.0910. The van der Waals surface area contributed by atoms with Crippen molar-refractivity contribution in [3.05, 3.63) is 29.2 Å². The minimum Gasteiger partial charge on any atom is -0.382 e. The van der Waals surface area contributed by atoms with Crippen molar-refractivity contribution in [2.24, 2.45) is 0 Å². The molecule has 1 saturated carbocycles. The standard InChI is InChI=1S/C12H14ClN3O2/c1-2-5-18-6-8(17)10-9(13)11(14)16-12(15-10)7-3-4-7/h2,7H,1,3-6H2,(H2,14,15,16). The molecular formula is C12H14ClN3O2. The molecule has 1 aliphatic carbocycles. The van der Waals surface area contributed by atoms with Crippen LogP contribution in [0.2, 0.25) is 5.02 Å². The van der Waals surface area contributed by atoms with Crippen LogP contribution in [0.3, 0.4) is 0 Å². The number of hydrogen-bond acceptors (Lipinski definition) is 5. The highest BCUT2D eigenvalue weighted by atomic mass is 35.5. The lowest BCUT2D eigenvalue weighted by atomic mass is 10.2.